The highest BCUT2D eigenvalue weighted by molar-refractivity contribution is 7.86. The average Bonchev–Trinajstić information content (AvgIpc) is 2.80. The van der Waals surface area contributed by atoms with Gasteiger partial charge in [0, 0.05) is 18.8 Å². The van der Waals surface area contributed by atoms with E-state index in [1.807, 2.05) is 51.1 Å². The first-order chi connectivity index (χ1) is 16.8. The Morgan fingerprint density at radius 2 is 1.69 bits per heavy atom. The maximum atomic E-state index is 12.6. The maximum Gasteiger partial charge on any atom is 0.341 e. The Labute approximate surface area is 214 Å². The number of hydrogen-bond donors (Lipinski definition) is 0. The van der Waals surface area contributed by atoms with Crippen LogP contribution >= 0.6 is 0 Å². The second kappa shape index (κ2) is 12.9. The minimum atomic E-state index is -3.87. The van der Waals surface area contributed by atoms with Crippen LogP contribution in [0.4, 0.5) is 5.69 Å². The van der Waals surface area contributed by atoms with Crippen LogP contribution in [0.3, 0.4) is 0 Å². The lowest BCUT2D eigenvalue weighted by molar-refractivity contribution is -0.149. The third-order valence-electron chi connectivity index (χ3n) is 5.22. The van der Waals surface area contributed by atoms with Crippen molar-refractivity contribution in [1.82, 2.24) is 0 Å². The van der Waals surface area contributed by atoms with Crippen LogP contribution in [0.1, 0.15) is 74.5 Å². The molecule has 198 valence electrons. The van der Waals surface area contributed by atoms with Crippen molar-refractivity contribution in [2.75, 3.05) is 24.8 Å². The van der Waals surface area contributed by atoms with Crippen molar-refractivity contribution >= 4 is 27.7 Å². The topological polar surface area (TPSA) is 99.2 Å². The molecule has 8 nitrogen and oxygen atoms in total. The highest BCUT2D eigenvalue weighted by atomic mass is 32.2. The van der Waals surface area contributed by atoms with Gasteiger partial charge in [0.05, 0.1) is 18.9 Å². The molecule has 0 aliphatic carbocycles. The number of anilines is 1. The molecular formula is C27H37NO7S. The lowest BCUT2D eigenvalue weighted by Gasteiger charge is -2.26. The summed E-state index contributed by atoms with van der Waals surface area (Å²) in [5, 5.41) is 0. The van der Waals surface area contributed by atoms with E-state index in [0.29, 0.717) is 17.7 Å². The van der Waals surface area contributed by atoms with Gasteiger partial charge in [-0.3, -0.25) is 4.18 Å². The largest absolute Gasteiger partial charge is 0.467 e. The SMILES string of the molecule is CCCCCN(Cc1ccc(C(OS(C)(=O)=O)C(=O)OC)cc1)c1cccc(C(=O)OC(C)(C)C)c1. The van der Waals surface area contributed by atoms with Gasteiger partial charge in [-0.1, -0.05) is 50.1 Å². The van der Waals surface area contributed by atoms with Crippen molar-refractivity contribution in [3.8, 4) is 0 Å². The van der Waals surface area contributed by atoms with E-state index in [2.05, 4.69) is 11.8 Å². The number of nitrogens with zero attached hydrogens (tertiary/aromatic N) is 1. The molecular weight excluding hydrogens is 482 g/mol. The van der Waals surface area contributed by atoms with Gasteiger partial charge in [0.25, 0.3) is 10.1 Å². The molecule has 0 saturated carbocycles. The quantitative estimate of drug-likeness (QED) is 0.219. The van der Waals surface area contributed by atoms with Crippen LogP contribution in [0, 0.1) is 0 Å². The molecule has 0 aromatic heterocycles. The lowest BCUT2D eigenvalue weighted by Crippen LogP contribution is -2.26. The monoisotopic (exact) mass is 519 g/mol. The van der Waals surface area contributed by atoms with Gasteiger partial charge in [0.15, 0.2) is 6.10 Å². The van der Waals surface area contributed by atoms with E-state index >= 15 is 0 Å². The van der Waals surface area contributed by atoms with Crippen molar-refractivity contribution in [2.45, 2.75) is 65.2 Å². The van der Waals surface area contributed by atoms with Crippen LogP contribution in [-0.2, 0) is 35.1 Å². The van der Waals surface area contributed by atoms with Gasteiger partial charge in [0.1, 0.15) is 5.60 Å². The molecule has 0 N–H and O–H groups in total. The molecule has 9 heteroatoms. The molecule has 0 spiro atoms. The standard InChI is InChI=1S/C27H37NO7S/c1-7-8-9-17-28(23-12-10-11-22(18-23)25(29)34-27(2,3)4)19-20-13-15-21(16-14-20)24(26(30)33-5)35-36(6,31)32/h10-16,18,24H,7-9,17,19H2,1-6H3. The molecule has 0 heterocycles. The third kappa shape index (κ3) is 9.62. The number of ether oxygens (including phenoxy) is 2. The molecule has 0 bridgehead atoms. The highest BCUT2D eigenvalue weighted by Crippen LogP contribution is 2.25. The Balaban J connectivity index is 2.29. The molecule has 0 aliphatic rings. The minimum absolute atomic E-state index is 0.373. The molecule has 0 aliphatic heterocycles. The fraction of sp³-hybridized carbons (Fsp3) is 0.481. The van der Waals surface area contributed by atoms with Crippen molar-refractivity contribution in [1.29, 1.82) is 0 Å². The van der Waals surface area contributed by atoms with Crippen LogP contribution in [0.5, 0.6) is 0 Å². The van der Waals surface area contributed by atoms with Gasteiger partial charge in [-0.05, 0) is 56.5 Å². The molecule has 0 fully saturated rings. The summed E-state index contributed by atoms with van der Waals surface area (Å²) in [6.45, 7) is 8.99. The minimum Gasteiger partial charge on any atom is -0.467 e. The normalized spacial score (nSPS) is 12.6. The second-order valence-corrected chi connectivity index (χ2v) is 11.2. The van der Waals surface area contributed by atoms with Gasteiger partial charge < -0.3 is 14.4 Å². The first-order valence-corrected chi connectivity index (χ1v) is 13.8. The molecule has 1 atom stereocenters. The molecule has 2 aromatic carbocycles. The van der Waals surface area contributed by atoms with E-state index in [1.165, 1.54) is 7.11 Å². The number of carbonyl (C=O) groups excluding carboxylic acids is 2. The zero-order valence-electron chi connectivity index (χ0n) is 21.9. The summed E-state index contributed by atoms with van der Waals surface area (Å²) in [5.74, 6) is -1.17. The Morgan fingerprint density at radius 1 is 1.03 bits per heavy atom. The first kappa shape index (κ1) is 29.3. The van der Waals surface area contributed by atoms with Gasteiger partial charge in [-0.25, -0.2) is 9.59 Å². The third-order valence-corrected chi connectivity index (χ3v) is 5.76. The van der Waals surface area contributed by atoms with E-state index in [-0.39, 0.29) is 5.97 Å². The summed E-state index contributed by atoms with van der Waals surface area (Å²) < 4.78 is 38.4. The van der Waals surface area contributed by atoms with Crippen LogP contribution in [0.15, 0.2) is 48.5 Å². The average molecular weight is 520 g/mol. The molecule has 0 amide bonds. The number of methoxy groups -OCH3 is 1. The summed E-state index contributed by atoms with van der Waals surface area (Å²) in [6, 6.07) is 14.3. The summed E-state index contributed by atoms with van der Waals surface area (Å²) in [4.78, 5) is 26.9. The van der Waals surface area contributed by atoms with Crippen molar-refractivity contribution in [3.63, 3.8) is 0 Å². The van der Waals surface area contributed by atoms with Crippen molar-refractivity contribution < 1.29 is 31.7 Å². The zero-order chi connectivity index (χ0) is 26.9. The number of carbonyl (C=O) groups is 2. The number of rotatable bonds is 12. The molecule has 2 aromatic rings. The first-order valence-electron chi connectivity index (χ1n) is 12.0. The highest BCUT2D eigenvalue weighted by Gasteiger charge is 2.27. The van der Waals surface area contributed by atoms with E-state index in [4.69, 9.17) is 13.7 Å². The van der Waals surface area contributed by atoms with E-state index < -0.39 is 27.8 Å². The van der Waals surface area contributed by atoms with E-state index in [9.17, 15) is 18.0 Å². The van der Waals surface area contributed by atoms with Gasteiger partial charge in [0.2, 0.25) is 0 Å². The smallest absolute Gasteiger partial charge is 0.341 e. The van der Waals surface area contributed by atoms with E-state index in [0.717, 1.165) is 43.3 Å². The fourth-order valence-electron chi connectivity index (χ4n) is 3.55. The van der Waals surface area contributed by atoms with Crippen LogP contribution in [-0.4, -0.2) is 45.9 Å². The maximum absolute atomic E-state index is 12.6. The summed E-state index contributed by atoms with van der Waals surface area (Å²) >= 11 is 0. The Kier molecular flexibility index (Phi) is 10.5. The fourth-order valence-corrected chi connectivity index (χ4v) is 4.09. The second-order valence-electron chi connectivity index (χ2n) is 9.63. The number of unbranched alkanes of at least 4 members (excludes halogenated alkanes) is 2. The predicted molar refractivity (Wildman–Crippen MR) is 139 cm³/mol. The Bertz CT molecular complexity index is 1120. The van der Waals surface area contributed by atoms with Crippen molar-refractivity contribution in [3.05, 3.63) is 65.2 Å². The van der Waals surface area contributed by atoms with Crippen LogP contribution < -0.4 is 4.90 Å². The van der Waals surface area contributed by atoms with Crippen molar-refractivity contribution in [2.24, 2.45) is 0 Å². The number of esters is 2. The molecule has 0 saturated heterocycles. The Hall–Kier alpha value is -2.91. The molecule has 36 heavy (non-hydrogen) atoms. The molecule has 2 rings (SSSR count). The summed E-state index contributed by atoms with van der Waals surface area (Å²) in [6.07, 6.45) is 2.65. The van der Waals surface area contributed by atoms with Gasteiger partial charge in [-0.2, -0.15) is 8.42 Å². The zero-order valence-corrected chi connectivity index (χ0v) is 22.8. The lowest BCUT2D eigenvalue weighted by atomic mass is 10.1. The van der Waals surface area contributed by atoms with Gasteiger partial charge >= 0.3 is 11.9 Å². The number of benzene rings is 2. The molecule has 0 radical (unpaired) electrons. The van der Waals surface area contributed by atoms with Crippen LogP contribution in [0.2, 0.25) is 0 Å². The molecule has 1 unspecified atom stereocenters. The summed E-state index contributed by atoms with van der Waals surface area (Å²) in [7, 11) is -2.70. The van der Waals surface area contributed by atoms with Gasteiger partial charge in [-0.15, -0.1) is 0 Å². The number of hydrogen-bond acceptors (Lipinski definition) is 8. The van der Waals surface area contributed by atoms with Crippen LogP contribution in [0.25, 0.3) is 0 Å². The predicted octanol–water partition coefficient (Wildman–Crippen LogP) is 5.03. The summed E-state index contributed by atoms with van der Waals surface area (Å²) in [5.41, 5.74) is 2.11. The Morgan fingerprint density at radius 3 is 2.25 bits per heavy atom. The van der Waals surface area contributed by atoms with E-state index in [1.54, 1.807) is 18.2 Å².